The highest BCUT2D eigenvalue weighted by Gasteiger charge is 2.23. The number of amides is 1. The maximum atomic E-state index is 12.3. The first-order valence-corrected chi connectivity index (χ1v) is 8.10. The molecular weight excluding hydrogens is 343 g/mol. The largest absolute Gasteiger partial charge is 0.351 e. The summed E-state index contributed by atoms with van der Waals surface area (Å²) >= 11 is 6.20. The summed E-state index contributed by atoms with van der Waals surface area (Å²) in [6, 6.07) is 17.0. The number of carbonyl (C=O) groups is 1. The van der Waals surface area contributed by atoms with Gasteiger partial charge in [-0.05, 0) is 37.5 Å². The molecule has 0 aromatic heterocycles. The number of carbonyl (C=O) groups excluding carboxylic acids is 1. The second-order valence-corrected chi connectivity index (χ2v) is 6.83. The highest BCUT2D eigenvalue weighted by molar-refractivity contribution is 6.31. The highest BCUT2D eigenvalue weighted by Crippen LogP contribution is 2.21. The monoisotopic (exact) mass is 366 g/mol. The molecule has 0 fully saturated rings. The summed E-state index contributed by atoms with van der Waals surface area (Å²) in [5.74, 6) is -0.0570. The summed E-state index contributed by atoms with van der Waals surface area (Å²) in [6.45, 7) is 3.98. The van der Waals surface area contributed by atoms with Crippen LogP contribution in [0.4, 0.5) is 0 Å². The van der Waals surface area contributed by atoms with Crippen molar-refractivity contribution < 1.29 is 4.79 Å². The number of benzene rings is 2. The number of hydrogen-bond donors (Lipinski definition) is 2. The van der Waals surface area contributed by atoms with E-state index < -0.39 is 5.54 Å². The Hall–Kier alpha value is -1.55. The summed E-state index contributed by atoms with van der Waals surface area (Å²) in [5, 5.41) is 3.77. The first-order valence-electron chi connectivity index (χ1n) is 7.72. The van der Waals surface area contributed by atoms with Gasteiger partial charge in [-0.2, -0.15) is 0 Å². The second kappa shape index (κ2) is 9.07. The van der Waals surface area contributed by atoms with E-state index in [1.807, 2.05) is 68.4 Å². The van der Waals surface area contributed by atoms with E-state index in [0.29, 0.717) is 6.42 Å². The maximum absolute atomic E-state index is 12.3. The fourth-order valence-electron chi connectivity index (χ4n) is 2.61. The van der Waals surface area contributed by atoms with E-state index >= 15 is 0 Å². The molecule has 3 N–H and O–H groups in total. The third-order valence-electron chi connectivity index (χ3n) is 3.70. The molecule has 0 aliphatic carbocycles. The molecule has 1 amide bonds. The topological polar surface area (TPSA) is 55.1 Å². The molecule has 2 aromatic carbocycles. The van der Waals surface area contributed by atoms with Crippen LogP contribution >= 0.6 is 24.0 Å². The molecule has 0 bridgehead atoms. The standard InChI is InChI=1S/C19H23ClN2O.ClH/c1-19(2,13-15-10-6-7-11-16(15)20)22-18(23)12-17(21)14-8-4-3-5-9-14;/h3-11,17H,12-13,21H2,1-2H3,(H,22,23);1H. The van der Waals surface area contributed by atoms with E-state index in [0.717, 1.165) is 16.1 Å². The minimum absolute atomic E-state index is 0. The Kier molecular flexibility index (Phi) is 7.74. The lowest BCUT2D eigenvalue weighted by Crippen LogP contribution is -2.45. The van der Waals surface area contributed by atoms with Gasteiger partial charge < -0.3 is 11.1 Å². The van der Waals surface area contributed by atoms with E-state index in [4.69, 9.17) is 17.3 Å². The van der Waals surface area contributed by atoms with Crippen molar-refractivity contribution in [1.29, 1.82) is 0 Å². The zero-order valence-corrected chi connectivity index (χ0v) is 15.5. The smallest absolute Gasteiger partial charge is 0.222 e. The van der Waals surface area contributed by atoms with Crippen molar-refractivity contribution in [2.75, 3.05) is 0 Å². The van der Waals surface area contributed by atoms with Crippen molar-refractivity contribution in [2.45, 2.75) is 38.3 Å². The molecule has 0 aliphatic rings. The number of nitrogens with two attached hydrogens (primary N) is 1. The van der Waals surface area contributed by atoms with Crippen molar-refractivity contribution in [2.24, 2.45) is 5.73 Å². The SMILES string of the molecule is CC(C)(Cc1ccccc1Cl)NC(=O)CC(N)c1ccccc1.Cl. The lowest BCUT2D eigenvalue weighted by molar-refractivity contribution is -0.123. The quantitative estimate of drug-likeness (QED) is 0.800. The van der Waals surface area contributed by atoms with Crippen LogP contribution in [0.5, 0.6) is 0 Å². The Morgan fingerprint density at radius 1 is 1.12 bits per heavy atom. The molecule has 130 valence electrons. The highest BCUT2D eigenvalue weighted by atomic mass is 35.5. The third kappa shape index (κ3) is 6.16. The van der Waals surface area contributed by atoms with Crippen LogP contribution in [0.25, 0.3) is 0 Å². The summed E-state index contributed by atoms with van der Waals surface area (Å²) in [5.41, 5.74) is 7.70. The predicted molar refractivity (Wildman–Crippen MR) is 103 cm³/mol. The molecule has 1 unspecified atom stereocenters. The van der Waals surface area contributed by atoms with Crippen molar-refractivity contribution in [1.82, 2.24) is 5.32 Å². The Morgan fingerprint density at radius 2 is 1.71 bits per heavy atom. The number of halogens is 2. The Labute approximate surface area is 155 Å². The molecule has 24 heavy (non-hydrogen) atoms. The average Bonchev–Trinajstić information content (AvgIpc) is 2.49. The number of nitrogens with one attached hydrogen (secondary N) is 1. The first kappa shape index (κ1) is 20.5. The summed E-state index contributed by atoms with van der Waals surface area (Å²) in [7, 11) is 0. The summed E-state index contributed by atoms with van der Waals surface area (Å²) in [4.78, 5) is 12.3. The van der Waals surface area contributed by atoms with Gasteiger partial charge in [-0.25, -0.2) is 0 Å². The Bertz CT molecular complexity index is 659. The molecule has 5 heteroatoms. The molecule has 2 rings (SSSR count). The zero-order chi connectivity index (χ0) is 16.9. The van der Waals surface area contributed by atoms with Gasteiger partial charge in [0.2, 0.25) is 5.91 Å². The van der Waals surface area contributed by atoms with Gasteiger partial charge in [-0.1, -0.05) is 60.1 Å². The van der Waals surface area contributed by atoms with Gasteiger partial charge in [0.05, 0.1) is 0 Å². The molecule has 0 aliphatic heterocycles. The van der Waals surface area contributed by atoms with Crippen molar-refractivity contribution in [3.05, 3.63) is 70.7 Å². The van der Waals surface area contributed by atoms with Crippen LogP contribution in [-0.4, -0.2) is 11.4 Å². The van der Waals surface area contributed by atoms with Crippen molar-refractivity contribution in [3.63, 3.8) is 0 Å². The van der Waals surface area contributed by atoms with E-state index in [1.54, 1.807) is 0 Å². The van der Waals surface area contributed by atoms with Gasteiger partial charge in [0, 0.05) is 23.0 Å². The van der Waals surface area contributed by atoms with Crippen molar-refractivity contribution >= 4 is 29.9 Å². The van der Waals surface area contributed by atoms with Crippen molar-refractivity contribution in [3.8, 4) is 0 Å². The van der Waals surface area contributed by atoms with E-state index in [1.165, 1.54) is 0 Å². The van der Waals surface area contributed by atoms with E-state index in [2.05, 4.69) is 5.32 Å². The van der Waals surface area contributed by atoms with Crippen LogP contribution in [-0.2, 0) is 11.2 Å². The van der Waals surface area contributed by atoms with Crippen LogP contribution in [0.2, 0.25) is 5.02 Å². The average molecular weight is 367 g/mol. The van der Waals surface area contributed by atoms with Crippen LogP contribution in [0, 0.1) is 0 Å². The third-order valence-corrected chi connectivity index (χ3v) is 4.07. The molecule has 2 aromatic rings. The van der Waals surface area contributed by atoms with Gasteiger partial charge in [0.25, 0.3) is 0 Å². The maximum Gasteiger partial charge on any atom is 0.222 e. The fraction of sp³-hybridized carbons (Fsp3) is 0.316. The molecule has 0 heterocycles. The normalized spacial score (nSPS) is 12.2. The zero-order valence-electron chi connectivity index (χ0n) is 14.0. The lowest BCUT2D eigenvalue weighted by Gasteiger charge is -2.27. The van der Waals surface area contributed by atoms with E-state index in [-0.39, 0.29) is 30.8 Å². The molecule has 0 radical (unpaired) electrons. The van der Waals surface area contributed by atoms with Gasteiger partial charge in [-0.3, -0.25) is 4.79 Å². The van der Waals surface area contributed by atoms with Gasteiger partial charge >= 0.3 is 0 Å². The van der Waals surface area contributed by atoms with Gasteiger partial charge in [0.15, 0.2) is 0 Å². The molecule has 0 saturated heterocycles. The van der Waals surface area contributed by atoms with Gasteiger partial charge in [-0.15, -0.1) is 12.4 Å². The lowest BCUT2D eigenvalue weighted by atomic mass is 9.94. The molecule has 0 spiro atoms. The van der Waals surface area contributed by atoms with Crippen LogP contribution in [0.15, 0.2) is 54.6 Å². The van der Waals surface area contributed by atoms with Crippen LogP contribution in [0.3, 0.4) is 0 Å². The van der Waals surface area contributed by atoms with Crippen LogP contribution in [0.1, 0.15) is 37.4 Å². The number of rotatable bonds is 6. The van der Waals surface area contributed by atoms with E-state index in [9.17, 15) is 4.79 Å². The Morgan fingerprint density at radius 3 is 2.33 bits per heavy atom. The minimum Gasteiger partial charge on any atom is -0.351 e. The van der Waals surface area contributed by atoms with Crippen LogP contribution < -0.4 is 11.1 Å². The Balaban J connectivity index is 0.00000288. The van der Waals surface area contributed by atoms with Gasteiger partial charge in [0.1, 0.15) is 0 Å². The number of hydrogen-bond acceptors (Lipinski definition) is 2. The molecule has 1 atom stereocenters. The minimum atomic E-state index is -0.390. The fourth-order valence-corrected chi connectivity index (χ4v) is 2.81. The second-order valence-electron chi connectivity index (χ2n) is 6.42. The predicted octanol–water partition coefficient (Wildman–Crippen LogP) is 4.29. The summed E-state index contributed by atoms with van der Waals surface area (Å²) < 4.78 is 0. The summed E-state index contributed by atoms with van der Waals surface area (Å²) in [6.07, 6.45) is 0.926. The first-order chi connectivity index (χ1) is 10.9. The molecule has 0 saturated carbocycles. The molecule has 3 nitrogen and oxygen atoms in total. The molecular formula is C19H24Cl2N2O.